The quantitative estimate of drug-likeness (QED) is 0.941. The minimum Gasteiger partial charge on any atom is -0.350 e. The van der Waals surface area contributed by atoms with E-state index >= 15 is 0 Å². The van der Waals surface area contributed by atoms with Gasteiger partial charge in [0.25, 0.3) is 5.91 Å². The predicted molar refractivity (Wildman–Crippen MR) is 73.4 cm³/mol. The number of halogens is 1. The molecule has 0 saturated carbocycles. The van der Waals surface area contributed by atoms with Gasteiger partial charge in [-0.2, -0.15) is 5.10 Å². The number of carbonyl (C=O) groups excluding carboxylic acids is 1. The van der Waals surface area contributed by atoms with Gasteiger partial charge in [-0.05, 0) is 27.9 Å². The molecule has 5 heteroatoms. The van der Waals surface area contributed by atoms with Crippen molar-refractivity contribution >= 4 is 21.8 Å². The number of carbonyl (C=O) groups is 1. The monoisotopic (exact) mass is 307 g/mol. The maximum Gasteiger partial charge on any atom is 0.270 e. The molecule has 94 valence electrons. The van der Waals surface area contributed by atoms with Gasteiger partial charge in [0.2, 0.25) is 0 Å². The molecule has 0 bridgehead atoms. The topological polar surface area (TPSA) is 46.9 Å². The van der Waals surface area contributed by atoms with E-state index in [2.05, 4.69) is 26.3 Å². The van der Waals surface area contributed by atoms with Gasteiger partial charge in [-0.1, -0.05) is 30.3 Å². The Balaban J connectivity index is 1.90. The smallest absolute Gasteiger partial charge is 0.270 e. The van der Waals surface area contributed by atoms with E-state index in [4.69, 9.17) is 0 Å². The highest BCUT2D eigenvalue weighted by Crippen LogP contribution is 2.14. The molecule has 18 heavy (non-hydrogen) atoms. The summed E-state index contributed by atoms with van der Waals surface area (Å²) in [5, 5.41) is 6.90. The molecule has 0 fully saturated rings. The number of rotatable bonds is 4. The lowest BCUT2D eigenvalue weighted by molar-refractivity contribution is 0.0944. The van der Waals surface area contributed by atoms with E-state index < -0.39 is 0 Å². The molecule has 1 amide bonds. The van der Waals surface area contributed by atoms with Gasteiger partial charge in [-0.15, -0.1) is 0 Å². The van der Waals surface area contributed by atoms with E-state index in [1.807, 2.05) is 30.3 Å². The van der Waals surface area contributed by atoms with Gasteiger partial charge in [-0.3, -0.25) is 9.48 Å². The molecular formula is C13H14BrN3O. The third kappa shape index (κ3) is 2.98. The van der Waals surface area contributed by atoms with E-state index in [0.717, 1.165) is 6.42 Å². The van der Waals surface area contributed by atoms with Crippen LogP contribution in [0, 0.1) is 0 Å². The zero-order valence-corrected chi connectivity index (χ0v) is 11.6. The van der Waals surface area contributed by atoms with E-state index in [0.29, 0.717) is 16.7 Å². The molecule has 0 radical (unpaired) electrons. The molecule has 0 spiro atoms. The zero-order valence-electron chi connectivity index (χ0n) is 10.1. The van der Waals surface area contributed by atoms with E-state index in [1.165, 1.54) is 5.56 Å². The van der Waals surface area contributed by atoms with Crippen molar-refractivity contribution in [2.45, 2.75) is 6.42 Å². The van der Waals surface area contributed by atoms with E-state index in [9.17, 15) is 4.79 Å². The first-order valence-corrected chi connectivity index (χ1v) is 6.47. The molecule has 1 N–H and O–H groups in total. The van der Waals surface area contributed by atoms with Gasteiger partial charge < -0.3 is 5.32 Å². The summed E-state index contributed by atoms with van der Waals surface area (Å²) >= 11 is 3.31. The van der Waals surface area contributed by atoms with Crippen LogP contribution >= 0.6 is 15.9 Å². The average Bonchev–Trinajstić information content (AvgIpc) is 2.70. The standard InChI is InChI=1S/C13H14BrN3O/c1-17-12(11(14)9-16-17)13(18)15-8-7-10-5-3-2-4-6-10/h2-6,9H,7-8H2,1H3,(H,15,18). The average molecular weight is 308 g/mol. The van der Waals surface area contributed by atoms with Gasteiger partial charge >= 0.3 is 0 Å². The van der Waals surface area contributed by atoms with Gasteiger partial charge in [-0.25, -0.2) is 0 Å². The normalized spacial score (nSPS) is 10.3. The fourth-order valence-electron chi connectivity index (χ4n) is 1.71. The Morgan fingerprint density at radius 3 is 2.72 bits per heavy atom. The second-order valence-electron chi connectivity index (χ2n) is 3.96. The summed E-state index contributed by atoms with van der Waals surface area (Å²) in [6, 6.07) is 10.1. The molecule has 0 aliphatic rings. The highest BCUT2D eigenvalue weighted by molar-refractivity contribution is 9.10. The van der Waals surface area contributed by atoms with Crippen molar-refractivity contribution in [1.82, 2.24) is 15.1 Å². The summed E-state index contributed by atoms with van der Waals surface area (Å²) in [7, 11) is 1.75. The molecule has 0 saturated heterocycles. The minimum absolute atomic E-state index is 0.113. The highest BCUT2D eigenvalue weighted by Gasteiger charge is 2.14. The summed E-state index contributed by atoms with van der Waals surface area (Å²) in [5.74, 6) is -0.113. The Hall–Kier alpha value is -1.62. The Labute approximate surface area is 114 Å². The molecule has 0 aliphatic carbocycles. The molecule has 0 aliphatic heterocycles. The van der Waals surface area contributed by atoms with Crippen LogP contribution in [-0.4, -0.2) is 22.2 Å². The molecule has 1 aromatic heterocycles. The van der Waals surface area contributed by atoms with Gasteiger partial charge in [0.15, 0.2) is 0 Å². The van der Waals surface area contributed by atoms with Crippen molar-refractivity contribution in [2.24, 2.45) is 7.05 Å². The Kier molecular flexibility index (Phi) is 4.15. The maximum atomic E-state index is 11.9. The van der Waals surface area contributed by atoms with Crippen LogP contribution < -0.4 is 5.32 Å². The van der Waals surface area contributed by atoms with Crippen molar-refractivity contribution in [3.05, 3.63) is 52.3 Å². The fourth-order valence-corrected chi connectivity index (χ4v) is 2.24. The number of nitrogens with one attached hydrogen (secondary N) is 1. The predicted octanol–water partition coefficient (Wildman–Crippen LogP) is 2.16. The SMILES string of the molecule is Cn1ncc(Br)c1C(=O)NCCc1ccccc1. The van der Waals surface area contributed by atoms with Crippen molar-refractivity contribution in [3.8, 4) is 0 Å². The maximum absolute atomic E-state index is 11.9. The van der Waals surface area contributed by atoms with Gasteiger partial charge in [0, 0.05) is 13.6 Å². The molecule has 1 heterocycles. The van der Waals surface area contributed by atoms with Gasteiger partial charge in [0.1, 0.15) is 5.69 Å². The summed E-state index contributed by atoms with van der Waals surface area (Å²) in [4.78, 5) is 11.9. The third-order valence-corrected chi connectivity index (χ3v) is 3.23. The molecule has 1 aromatic carbocycles. The third-order valence-electron chi connectivity index (χ3n) is 2.65. The lowest BCUT2D eigenvalue weighted by atomic mass is 10.1. The van der Waals surface area contributed by atoms with Crippen molar-refractivity contribution in [2.75, 3.05) is 6.54 Å². The molecule has 2 aromatic rings. The number of hydrogen-bond acceptors (Lipinski definition) is 2. The second kappa shape index (κ2) is 5.82. The first-order valence-electron chi connectivity index (χ1n) is 5.68. The van der Waals surface area contributed by atoms with Crippen molar-refractivity contribution < 1.29 is 4.79 Å². The van der Waals surface area contributed by atoms with Crippen LogP contribution in [0.25, 0.3) is 0 Å². The van der Waals surface area contributed by atoms with Crippen LogP contribution in [0.3, 0.4) is 0 Å². The van der Waals surface area contributed by atoms with Crippen LogP contribution in [0.5, 0.6) is 0 Å². The number of nitrogens with zero attached hydrogens (tertiary/aromatic N) is 2. The lowest BCUT2D eigenvalue weighted by Crippen LogP contribution is -2.27. The number of hydrogen-bond donors (Lipinski definition) is 1. The van der Waals surface area contributed by atoms with Crippen LogP contribution in [0.15, 0.2) is 41.0 Å². The number of aryl methyl sites for hydroxylation is 1. The Morgan fingerprint density at radius 1 is 1.39 bits per heavy atom. The fraction of sp³-hybridized carbons (Fsp3) is 0.231. The summed E-state index contributed by atoms with van der Waals surface area (Å²) in [5.41, 5.74) is 1.75. The van der Waals surface area contributed by atoms with Crippen molar-refractivity contribution in [1.29, 1.82) is 0 Å². The van der Waals surface area contributed by atoms with Crippen LogP contribution in [0.4, 0.5) is 0 Å². The van der Waals surface area contributed by atoms with Crippen LogP contribution in [0.1, 0.15) is 16.1 Å². The molecule has 2 rings (SSSR count). The zero-order chi connectivity index (χ0) is 13.0. The van der Waals surface area contributed by atoms with Crippen LogP contribution in [0.2, 0.25) is 0 Å². The van der Waals surface area contributed by atoms with Crippen molar-refractivity contribution in [3.63, 3.8) is 0 Å². The van der Waals surface area contributed by atoms with Gasteiger partial charge in [0.05, 0.1) is 10.7 Å². The molecule has 0 atom stereocenters. The first kappa shape index (κ1) is 12.8. The number of benzene rings is 1. The molecule has 0 unspecified atom stereocenters. The highest BCUT2D eigenvalue weighted by atomic mass is 79.9. The van der Waals surface area contributed by atoms with E-state index in [1.54, 1.807) is 17.9 Å². The molecule has 4 nitrogen and oxygen atoms in total. The first-order chi connectivity index (χ1) is 8.68. The molecular weight excluding hydrogens is 294 g/mol. The minimum atomic E-state index is -0.113. The summed E-state index contributed by atoms with van der Waals surface area (Å²) in [6.45, 7) is 0.612. The Bertz CT molecular complexity index is 517. The number of amides is 1. The lowest BCUT2D eigenvalue weighted by Gasteiger charge is -2.06. The van der Waals surface area contributed by atoms with E-state index in [-0.39, 0.29) is 5.91 Å². The second-order valence-corrected chi connectivity index (χ2v) is 4.81. The Morgan fingerprint density at radius 2 is 2.11 bits per heavy atom. The largest absolute Gasteiger partial charge is 0.350 e. The number of aromatic nitrogens is 2. The summed E-state index contributed by atoms with van der Waals surface area (Å²) < 4.78 is 2.27. The summed E-state index contributed by atoms with van der Waals surface area (Å²) in [6.07, 6.45) is 2.44. The van der Waals surface area contributed by atoms with Crippen LogP contribution in [-0.2, 0) is 13.5 Å².